The minimum atomic E-state index is -0.399. The second kappa shape index (κ2) is 4.85. The maximum atomic E-state index is 12.1. The molecule has 0 saturated heterocycles. The van der Waals surface area contributed by atoms with Crippen molar-refractivity contribution in [3.05, 3.63) is 29.7 Å². The Hall–Kier alpha value is -2.97. The third-order valence-corrected chi connectivity index (χ3v) is 2.81. The van der Waals surface area contributed by atoms with Gasteiger partial charge in [0.2, 0.25) is 0 Å². The van der Waals surface area contributed by atoms with E-state index in [4.69, 9.17) is 4.42 Å². The number of hydrogen-bond donors (Lipinski definition) is 1. The van der Waals surface area contributed by atoms with E-state index in [2.05, 4.69) is 25.7 Å². The molecule has 9 heteroatoms. The lowest BCUT2D eigenvalue weighted by atomic mass is 10.3. The number of carbonyl (C=O) groups is 1. The van der Waals surface area contributed by atoms with E-state index in [0.29, 0.717) is 11.4 Å². The van der Waals surface area contributed by atoms with E-state index < -0.39 is 5.91 Å². The molecule has 1 N–H and O–H groups in total. The van der Waals surface area contributed by atoms with Gasteiger partial charge < -0.3 is 4.42 Å². The van der Waals surface area contributed by atoms with Gasteiger partial charge in [-0.15, -0.1) is 5.10 Å². The van der Waals surface area contributed by atoms with Gasteiger partial charge in [0.1, 0.15) is 5.69 Å². The molecule has 9 nitrogen and oxygen atoms in total. The Kier molecular flexibility index (Phi) is 3.01. The van der Waals surface area contributed by atoms with Crippen LogP contribution in [0.25, 0.3) is 11.6 Å². The van der Waals surface area contributed by atoms with Crippen LogP contribution >= 0.6 is 0 Å². The first kappa shape index (κ1) is 13.0. The molecule has 0 fully saturated rings. The third-order valence-electron chi connectivity index (χ3n) is 2.81. The number of aromatic nitrogens is 6. The van der Waals surface area contributed by atoms with Gasteiger partial charge in [0, 0.05) is 32.1 Å². The largest absolute Gasteiger partial charge is 0.401 e. The maximum absolute atomic E-state index is 12.1. The predicted octanol–water partition coefficient (Wildman–Crippen LogP) is 0.764. The summed E-state index contributed by atoms with van der Waals surface area (Å²) in [6, 6.07) is 1.74. The molecule has 0 spiro atoms. The van der Waals surface area contributed by atoms with Gasteiger partial charge in [-0.1, -0.05) is 5.10 Å². The predicted molar refractivity (Wildman–Crippen MR) is 72.4 cm³/mol. The summed E-state index contributed by atoms with van der Waals surface area (Å²) in [5, 5.41) is 18.3. The van der Waals surface area contributed by atoms with Gasteiger partial charge in [-0.25, -0.2) is 0 Å². The van der Waals surface area contributed by atoms with Crippen LogP contribution in [-0.4, -0.2) is 35.7 Å². The van der Waals surface area contributed by atoms with Crippen LogP contribution < -0.4 is 5.32 Å². The van der Waals surface area contributed by atoms with Crippen molar-refractivity contribution in [3.8, 4) is 11.6 Å². The number of anilines is 1. The number of nitrogens with zero attached hydrogens (tertiary/aromatic N) is 6. The molecule has 3 rings (SSSR count). The first-order chi connectivity index (χ1) is 10.0. The van der Waals surface area contributed by atoms with E-state index in [1.165, 1.54) is 0 Å². The fourth-order valence-corrected chi connectivity index (χ4v) is 1.89. The molecule has 21 heavy (non-hydrogen) atoms. The Morgan fingerprint density at radius 3 is 2.67 bits per heavy atom. The van der Waals surface area contributed by atoms with Crippen LogP contribution in [0.3, 0.4) is 0 Å². The second-order valence-electron chi connectivity index (χ2n) is 4.58. The summed E-state index contributed by atoms with van der Waals surface area (Å²) < 4.78 is 8.54. The summed E-state index contributed by atoms with van der Waals surface area (Å²) in [7, 11) is 3.53. The molecular formula is C12H13N7O2. The molecule has 0 aliphatic heterocycles. The number of nitrogens with one attached hydrogen (secondary N) is 1. The van der Waals surface area contributed by atoms with E-state index in [-0.39, 0.29) is 11.9 Å². The van der Waals surface area contributed by atoms with Crippen LogP contribution in [0.1, 0.15) is 16.1 Å². The molecule has 0 aliphatic rings. The van der Waals surface area contributed by atoms with Gasteiger partial charge in [0.25, 0.3) is 11.8 Å². The Balaban J connectivity index is 1.78. The van der Waals surface area contributed by atoms with Crippen molar-refractivity contribution in [2.75, 3.05) is 5.32 Å². The van der Waals surface area contributed by atoms with E-state index in [0.717, 1.165) is 5.56 Å². The van der Waals surface area contributed by atoms with Crippen molar-refractivity contribution in [1.82, 2.24) is 29.8 Å². The van der Waals surface area contributed by atoms with Crippen LogP contribution in [-0.2, 0) is 14.1 Å². The summed E-state index contributed by atoms with van der Waals surface area (Å²) in [5.41, 5.74) is 1.62. The topological polar surface area (TPSA) is 104 Å². The highest BCUT2D eigenvalue weighted by atomic mass is 16.4. The monoisotopic (exact) mass is 287 g/mol. The molecule has 0 unspecified atom stereocenters. The number of carbonyl (C=O) groups excluding carboxylic acids is 1. The van der Waals surface area contributed by atoms with Gasteiger partial charge in [-0.05, 0) is 13.0 Å². The number of rotatable bonds is 3. The molecule has 108 valence electrons. The zero-order chi connectivity index (χ0) is 15.0. The van der Waals surface area contributed by atoms with E-state index >= 15 is 0 Å². The van der Waals surface area contributed by atoms with E-state index in [1.807, 2.05) is 0 Å². The van der Waals surface area contributed by atoms with Crippen molar-refractivity contribution in [2.45, 2.75) is 6.92 Å². The quantitative estimate of drug-likeness (QED) is 0.762. The lowest BCUT2D eigenvalue weighted by Gasteiger charge is -1.97. The van der Waals surface area contributed by atoms with Crippen LogP contribution in [0, 0.1) is 6.92 Å². The minimum Gasteiger partial charge on any atom is -0.401 e. The van der Waals surface area contributed by atoms with Crippen molar-refractivity contribution in [2.24, 2.45) is 14.1 Å². The molecule has 0 atom stereocenters. The summed E-state index contributed by atoms with van der Waals surface area (Å²) >= 11 is 0. The molecule has 1 amide bonds. The van der Waals surface area contributed by atoms with Crippen LogP contribution in [0.2, 0.25) is 0 Å². The normalized spacial score (nSPS) is 10.8. The van der Waals surface area contributed by atoms with Crippen molar-refractivity contribution >= 4 is 11.9 Å². The zero-order valence-electron chi connectivity index (χ0n) is 11.7. The van der Waals surface area contributed by atoms with Crippen molar-refractivity contribution < 1.29 is 9.21 Å². The van der Waals surface area contributed by atoms with Crippen LogP contribution in [0.5, 0.6) is 0 Å². The molecule has 3 aromatic rings. The molecule has 0 radical (unpaired) electrons. The fraction of sp³-hybridized carbons (Fsp3) is 0.250. The lowest BCUT2D eigenvalue weighted by molar-refractivity contribution is 0.101. The smallest absolute Gasteiger partial charge is 0.322 e. The number of hydrogen-bond acceptors (Lipinski definition) is 6. The summed E-state index contributed by atoms with van der Waals surface area (Å²) in [6.45, 7) is 1.80. The van der Waals surface area contributed by atoms with Gasteiger partial charge in [-0.3, -0.25) is 19.5 Å². The Labute approximate surface area is 119 Å². The Bertz CT molecular complexity index is 798. The molecule has 0 aromatic carbocycles. The van der Waals surface area contributed by atoms with Crippen LogP contribution in [0.4, 0.5) is 6.01 Å². The average Bonchev–Trinajstić information content (AvgIpc) is 3.10. The number of amides is 1. The summed E-state index contributed by atoms with van der Waals surface area (Å²) in [6.07, 6.45) is 3.51. The first-order valence-electron chi connectivity index (χ1n) is 6.18. The number of aryl methyl sites for hydroxylation is 3. The standard InChI is InChI=1S/C12H13N7O2/c1-7-6-19(3)17-9(7)10(20)13-12-15-14-11(21-12)8-4-5-18(2)16-8/h4-6H,1-3H3,(H,13,15,20). The molecule has 3 heterocycles. The van der Waals surface area contributed by atoms with Crippen molar-refractivity contribution in [3.63, 3.8) is 0 Å². The molecule has 0 aliphatic carbocycles. The van der Waals surface area contributed by atoms with Gasteiger partial charge >= 0.3 is 6.01 Å². The molecule has 0 bridgehead atoms. The Morgan fingerprint density at radius 1 is 1.24 bits per heavy atom. The van der Waals surface area contributed by atoms with Gasteiger partial charge in [-0.2, -0.15) is 10.2 Å². The Morgan fingerprint density at radius 2 is 2.05 bits per heavy atom. The highest BCUT2D eigenvalue weighted by molar-refractivity contribution is 6.02. The van der Waals surface area contributed by atoms with E-state index in [9.17, 15) is 4.79 Å². The maximum Gasteiger partial charge on any atom is 0.322 e. The second-order valence-corrected chi connectivity index (χ2v) is 4.58. The highest BCUT2D eigenvalue weighted by Gasteiger charge is 2.17. The van der Waals surface area contributed by atoms with E-state index in [1.54, 1.807) is 48.8 Å². The molecular weight excluding hydrogens is 274 g/mol. The summed E-state index contributed by atoms with van der Waals surface area (Å²) in [4.78, 5) is 12.1. The minimum absolute atomic E-state index is 0.00528. The zero-order valence-corrected chi connectivity index (χ0v) is 11.7. The summed E-state index contributed by atoms with van der Waals surface area (Å²) in [5.74, 6) is -0.159. The third kappa shape index (κ3) is 2.53. The fourth-order valence-electron chi connectivity index (χ4n) is 1.89. The van der Waals surface area contributed by atoms with Crippen molar-refractivity contribution in [1.29, 1.82) is 0 Å². The lowest BCUT2D eigenvalue weighted by Crippen LogP contribution is -2.14. The SMILES string of the molecule is Cc1cn(C)nc1C(=O)Nc1nnc(-c2ccn(C)n2)o1. The van der Waals surface area contributed by atoms with Crippen LogP contribution in [0.15, 0.2) is 22.9 Å². The molecule has 0 saturated carbocycles. The first-order valence-corrected chi connectivity index (χ1v) is 6.18. The van der Waals surface area contributed by atoms with Gasteiger partial charge in [0.15, 0.2) is 5.69 Å². The molecule has 3 aromatic heterocycles. The van der Waals surface area contributed by atoms with Gasteiger partial charge in [0.05, 0.1) is 0 Å². The highest BCUT2D eigenvalue weighted by Crippen LogP contribution is 2.18. The average molecular weight is 287 g/mol.